The van der Waals surface area contributed by atoms with Gasteiger partial charge in [0.1, 0.15) is 0 Å². The van der Waals surface area contributed by atoms with E-state index in [9.17, 15) is 4.79 Å². The summed E-state index contributed by atoms with van der Waals surface area (Å²) in [6.07, 6.45) is 3.75. The molecule has 0 saturated carbocycles. The summed E-state index contributed by atoms with van der Waals surface area (Å²) in [7, 11) is 0. The zero-order chi connectivity index (χ0) is 11.5. The molecule has 1 aliphatic heterocycles. The van der Waals surface area contributed by atoms with Crippen molar-refractivity contribution in [2.75, 3.05) is 6.61 Å². The third-order valence-corrected chi connectivity index (χ3v) is 2.83. The van der Waals surface area contributed by atoms with Crippen LogP contribution >= 0.6 is 11.6 Å². The van der Waals surface area contributed by atoms with E-state index in [0.717, 1.165) is 18.4 Å². The van der Waals surface area contributed by atoms with Crippen molar-refractivity contribution < 1.29 is 9.53 Å². The van der Waals surface area contributed by atoms with Crippen molar-refractivity contribution in [1.29, 1.82) is 0 Å². The van der Waals surface area contributed by atoms with Gasteiger partial charge in [0.25, 0.3) is 0 Å². The van der Waals surface area contributed by atoms with Gasteiger partial charge in [0.05, 0.1) is 6.61 Å². The van der Waals surface area contributed by atoms with E-state index < -0.39 is 0 Å². The number of carbonyl (C=O) groups is 1. The topological polar surface area (TPSA) is 26.3 Å². The molecule has 3 heteroatoms. The lowest BCUT2D eigenvalue weighted by Gasteiger charge is -2.14. The number of hydrogen-bond acceptors (Lipinski definition) is 2. The second kappa shape index (κ2) is 4.71. The molecule has 0 unspecified atom stereocenters. The lowest BCUT2D eigenvalue weighted by Crippen LogP contribution is -2.12. The van der Waals surface area contributed by atoms with Crippen molar-refractivity contribution in [1.82, 2.24) is 0 Å². The lowest BCUT2D eigenvalue weighted by molar-refractivity contribution is 0.0898. The first kappa shape index (κ1) is 11.2. The van der Waals surface area contributed by atoms with Crippen molar-refractivity contribution in [3.05, 3.63) is 46.2 Å². The summed E-state index contributed by atoms with van der Waals surface area (Å²) >= 11 is 5.85. The van der Waals surface area contributed by atoms with E-state index in [1.54, 1.807) is 18.2 Å². The monoisotopic (exact) mass is 236 g/mol. The van der Waals surface area contributed by atoms with Crippen LogP contribution in [0.1, 0.15) is 28.8 Å². The number of allylic oxidation sites excluding steroid dienone is 2. The predicted octanol–water partition coefficient (Wildman–Crippen LogP) is 3.53. The van der Waals surface area contributed by atoms with Crippen molar-refractivity contribution in [3.63, 3.8) is 0 Å². The number of hydrogen-bond donors (Lipinski definition) is 0. The van der Waals surface area contributed by atoms with Crippen LogP contribution in [-0.2, 0) is 4.74 Å². The van der Waals surface area contributed by atoms with Crippen molar-refractivity contribution >= 4 is 17.4 Å². The number of carbonyl (C=O) groups excluding carboxylic acids is 1. The summed E-state index contributed by atoms with van der Waals surface area (Å²) in [6.45, 7) is 2.51. The molecule has 0 bridgehead atoms. The number of ketones is 1. The van der Waals surface area contributed by atoms with Gasteiger partial charge in [0, 0.05) is 10.6 Å². The fourth-order valence-electron chi connectivity index (χ4n) is 1.73. The molecule has 1 aliphatic rings. The second-order valence-electron chi connectivity index (χ2n) is 3.85. The summed E-state index contributed by atoms with van der Waals surface area (Å²) in [5.41, 5.74) is 1.55. The maximum atomic E-state index is 12.1. The molecular formula is C13H13ClO2. The first-order valence-electron chi connectivity index (χ1n) is 5.32. The van der Waals surface area contributed by atoms with E-state index in [1.807, 2.05) is 13.0 Å². The van der Waals surface area contributed by atoms with Crippen molar-refractivity contribution in [2.24, 2.45) is 0 Å². The fraction of sp³-hybridized carbons (Fsp3) is 0.308. The highest BCUT2D eigenvalue weighted by atomic mass is 35.5. The Morgan fingerprint density at radius 1 is 1.44 bits per heavy atom. The molecule has 0 fully saturated rings. The third-order valence-electron chi connectivity index (χ3n) is 2.59. The molecular weight excluding hydrogens is 224 g/mol. The zero-order valence-corrected chi connectivity index (χ0v) is 9.88. The van der Waals surface area contributed by atoms with Crippen LogP contribution in [0.25, 0.3) is 0 Å². The zero-order valence-electron chi connectivity index (χ0n) is 9.13. The van der Waals surface area contributed by atoms with Crippen LogP contribution in [0.4, 0.5) is 0 Å². The number of halogens is 1. The van der Waals surface area contributed by atoms with Gasteiger partial charge >= 0.3 is 0 Å². The molecule has 0 aliphatic carbocycles. The van der Waals surface area contributed by atoms with E-state index in [2.05, 4.69) is 0 Å². The standard InChI is InChI=1S/C13H13ClO2/c1-9-8-10(14)5-6-11(9)13(15)12-4-2-3-7-16-12/h4-6,8H,2-3,7H2,1H3. The Hall–Kier alpha value is -1.28. The minimum absolute atomic E-state index is 0.0473. The van der Waals surface area contributed by atoms with Gasteiger partial charge in [-0.3, -0.25) is 4.79 Å². The predicted molar refractivity (Wildman–Crippen MR) is 63.8 cm³/mol. The van der Waals surface area contributed by atoms with Crippen LogP contribution < -0.4 is 0 Å². The van der Waals surface area contributed by atoms with Crippen LogP contribution in [0.3, 0.4) is 0 Å². The molecule has 1 aromatic rings. The molecule has 1 heterocycles. The minimum atomic E-state index is -0.0473. The number of ether oxygens (including phenoxy) is 1. The smallest absolute Gasteiger partial charge is 0.227 e. The quantitative estimate of drug-likeness (QED) is 0.735. The van der Waals surface area contributed by atoms with Gasteiger partial charge in [0.15, 0.2) is 5.76 Å². The number of aryl methyl sites for hydroxylation is 1. The van der Waals surface area contributed by atoms with Gasteiger partial charge < -0.3 is 4.74 Å². The average molecular weight is 237 g/mol. The number of rotatable bonds is 2. The molecule has 2 rings (SSSR count). The van der Waals surface area contributed by atoms with Crippen LogP contribution in [0.5, 0.6) is 0 Å². The maximum Gasteiger partial charge on any atom is 0.227 e. The largest absolute Gasteiger partial charge is 0.490 e. The molecule has 1 aromatic carbocycles. The SMILES string of the molecule is Cc1cc(Cl)ccc1C(=O)C1=CCCCO1. The van der Waals surface area contributed by atoms with E-state index >= 15 is 0 Å². The van der Waals surface area contributed by atoms with E-state index in [4.69, 9.17) is 16.3 Å². The van der Waals surface area contributed by atoms with E-state index in [-0.39, 0.29) is 5.78 Å². The maximum absolute atomic E-state index is 12.1. The van der Waals surface area contributed by atoms with Crippen LogP contribution in [0, 0.1) is 6.92 Å². The minimum Gasteiger partial charge on any atom is -0.490 e. The Kier molecular flexibility index (Phi) is 3.30. The summed E-state index contributed by atoms with van der Waals surface area (Å²) in [5, 5.41) is 0.646. The third kappa shape index (κ3) is 2.27. The molecule has 16 heavy (non-hydrogen) atoms. The highest BCUT2D eigenvalue weighted by Crippen LogP contribution is 2.20. The second-order valence-corrected chi connectivity index (χ2v) is 4.28. The average Bonchev–Trinajstić information content (AvgIpc) is 2.29. The van der Waals surface area contributed by atoms with Gasteiger partial charge in [-0.05, 0) is 49.6 Å². The lowest BCUT2D eigenvalue weighted by atomic mass is 10.0. The summed E-state index contributed by atoms with van der Waals surface area (Å²) in [5.74, 6) is 0.422. The Morgan fingerprint density at radius 3 is 2.88 bits per heavy atom. The first-order chi connectivity index (χ1) is 7.68. The molecule has 0 aromatic heterocycles. The fourth-order valence-corrected chi connectivity index (χ4v) is 1.96. The van der Waals surface area contributed by atoms with E-state index in [0.29, 0.717) is 23.0 Å². The van der Waals surface area contributed by atoms with E-state index in [1.165, 1.54) is 0 Å². The number of benzene rings is 1. The summed E-state index contributed by atoms with van der Waals surface area (Å²) in [4.78, 5) is 12.1. The molecule has 0 N–H and O–H groups in total. The molecule has 0 amide bonds. The molecule has 84 valence electrons. The molecule has 0 radical (unpaired) electrons. The van der Waals surface area contributed by atoms with Gasteiger partial charge in [-0.25, -0.2) is 0 Å². The Labute approximate surface area is 99.9 Å². The highest BCUT2D eigenvalue weighted by molar-refractivity contribution is 6.30. The Balaban J connectivity index is 2.30. The van der Waals surface area contributed by atoms with Crippen LogP contribution in [0.15, 0.2) is 30.0 Å². The van der Waals surface area contributed by atoms with Gasteiger partial charge in [0.2, 0.25) is 5.78 Å². The summed E-state index contributed by atoms with van der Waals surface area (Å²) < 4.78 is 5.36. The molecule has 0 atom stereocenters. The molecule has 2 nitrogen and oxygen atoms in total. The van der Waals surface area contributed by atoms with Gasteiger partial charge in [-0.2, -0.15) is 0 Å². The van der Waals surface area contributed by atoms with Crippen molar-refractivity contribution in [3.8, 4) is 0 Å². The van der Waals surface area contributed by atoms with Crippen LogP contribution in [0.2, 0.25) is 5.02 Å². The Morgan fingerprint density at radius 2 is 2.25 bits per heavy atom. The van der Waals surface area contributed by atoms with Crippen LogP contribution in [-0.4, -0.2) is 12.4 Å². The summed E-state index contributed by atoms with van der Waals surface area (Å²) in [6, 6.07) is 5.27. The molecule has 0 spiro atoms. The Bertz CT molecular complexity index is 449. The number of Topliss-reactive ketones (excluding diaryl/α,β-unsaturated/α-hetero) is 1. The highest BCUT2D eigenvalue weighted by Gasteiger charge is 2.17. The van der Waals surface area contributed by atoms with Gasteiger partial charge in [-0.1, -0.05) is 11.6 Å². The van der Waals surface area contributed by atoms with Gasteiger partial charge in [-0.15, -0.1) is 0 Å². The normalized spacial score (nSPS) is 15.2. The first-order valence-corrected chi connectivity index (χ1v) is 5.70. The van der Waals surface area contributed by atoms with Crippen molar-refractivity contribution in [2.45, 2.75) is 19.8 Å². The molecule has 0 saturated heterocycles.